The SMILES string of the molecule is COC(=O)[C@H]1CNC[C@@H](C(=O)Nc2ccc(Cl)c(F)c2)C1. The highest BCUT2D eigenvalue weighted by atomic mass is 35.5. The van der Waals surface area contributed by atoms with E-state index in [9.17, 15) is 14.0 Å². The number of hydrogen-bond acceptors (Lipinski definition) is 4. The first-order chi connectivity index (χ1) is 10.0. The summed E-state index contributed by atoms with van der Waals surface area (Å²) >= 11 is 5.59. The van der Waals surface area contributed by atoms with Gasteiger partial charge in [0.2, 0.25) is 5.91 Å². The summed E-state index contributed by atoms with van der Waals surface area (Å²) in [5.41, 5.74) is 0.335. The van der Waals surface area contributed by atoms with Gasteiger partial charge >= 0.3 is 5.97 Å². The van der Waals surface area contributed by atoms with E-state index in [1.807, 2.05) is 0 Å². The molecule has 1 saturated heterocycles. The highest BCUT2D eigenvalue weighted by molar-refractivity contribution is 6.30. The number of carbonyl (C=O) groups is 2. The first-order valence-electron chi connectivity index (χ1n) is 6.55. The van der Waals surface area contributed by atoms with Gasteiger partial charge in [-0.25, -0.2) is 4.39 Å². The summed E-state index contributed by atoms with van der Waals surface area (Å²) in [6.45, 7) is 0.960. The van der Waals surface area contributed by atoms with Crippen molar-refractivity contribution in [2.75, 3.05) is 25.5 Å². The van der Waals surface area contributed by atoms with Crippen molar-refractivity contribution < 1.29 is 18.7 Å². The summed E-state index contributed by atoms with van der Waals surface area (Å²) in [5.74, 6) is -1.91. The van der Waals surface area contributed by atoms with Crippen molar-refractivity contribution in [2.45, 2.75) is 6.42 Å². The Morgan fingerprint density at radius 3 is 2.76 bits per heavy atom. The van der Waals surface area contributed by atoms with Crippen LogP contribution < -0.4 is 10.6 Å². The standard InChI is InChI=1S/C14H16ClFN2O3/c1-21-14(20)9-4-8(6-17-7-9)13(19)18-10-2-3-11(15)12(16)5-10/h2-3,5,8-9,17H,4,6-7H2,1H3,(H,18,19)/t8-,9+/m0/s1. The van der Waals surface area contributed by atoms with E-state index in [4.69, 9.17) is 16.3 Å². The Morgan fingerprint density at radius 1 is 1.38 bits per heavy atom. The Hall–Kier alpha value is -1.66. The summed E-state index contributed by atoms with van der Waals surface area (Å²) in [5, 5.41) is 5.66. The van der Waals surface area contributed by atoms with Crippen molar-refractivity contribution in [3.8, 4) is 0 Å². The molecule has 2 N–H and O–H groups in total. The van der Waals surface area contributed by atoms with Crippen LogP contribution in [0.2, 0.25) is 5.02 Å². The van der Waals surface area contributed by atoms with Crippen LogP contribution in [-0.2, 0) is 14.3 Å². The van der Waals surface area contributed by atoms with Gasteiger partial charge in [-0.3, -0.25) is 9.59 Å². The summed E-state index contributed by atoms with van der Waals surface area (Å²) in [6.07, 6.45) is 0.404. The first-order valence-corrected chi connectivity index (χ1v) is 6.93. The second-order valence-electron chi connectivity index (χ2n) is 4.93. The highest BCUT2D eigenvalue weighted by Gasteiger charge is 2.31. The van der Waals surface area contributed by atoms with Gasteiger partial charge in [-0.1, -0.05) is 11.6 Å². The monoisotopic (exact) mass is 314 g/mol. The lowest BCUT2D eigenvalue weighted by Gasteiger charge is -2.27. The first kappa shape index (κ1) is 15.7. The zero-order valence-corrected chi connectivity index (χ0v) is 12.2. The molecule has 0 bridgehead atoms. The smallest absolute Gasteiger partial charge is 0.309 e. The van der Waals surface area contributed by atoms with E-state index in [0.29, 0.717) is 25.2 Å². The number of hydrogen-bond donors (Lipinski definition) is 2. The molecule has 0 aromatic heterocycles. The molecule has 1 fully saturated rings. The topological polar surface area (TPSA) is 67.4 Å². The number of methoxy groups -OCH3 is 1. The second kappa shape index (κ2) is 6.87. The normalized spacial score (nSPS) is 21.7. The van der Waals surface area contributed by atoms with Gasteiger partial charge in [-0.15, -0.1) is 0 Å². The molecule has 1 aromatic carbocycles. The second-order valence-corrected chi connectivity index (χ2v) is 5.34. The van der Waals surface area contributed by atoms with Crippen LogP contribution in [0.5, 0.6) is 0 Å². The lowest BCUT2D eigenvalue weighted by Crippen LogP contribution is -2.44. The van der Waals surface area contributed by atoms with Gasteiger partial charge in [0.25, 0.3) is 0 Å². The molecule has 7 heteroatoms. The van der Waals surface area contributed by atoms with Crippen molar-refractivity contribution in [1.29, 1.82) is 0 Å². The van der Waals surface area contributed by atoms with Gasteiger partial charge in [0.05, 0.1) is 24.0 Å². The molecule has 1 amide bonds. The number of halogens is 2. The van der Waals surface area contributed by atoms with E-state index in [1.54, 1.807) is 0 Å². The average Bonchev–Trinajstić information content (AvgIpc) is 2.50. The molecule has 2 rings (SSSR count). The molecular weight excluding hydrogens is 299 g/mol. The van der Waals surface area contributed by atoms with Gasteiger partial charge in [-0.05, 0) is 24.6 Å². The summed E-state index contributed by atoms with van der Waals surface area (Å²) in [6, 6.07) is 4.06. The number of nitrogens with one attached hydrogen (secondary N) is 2. The number of rotatable bonds is 3. The van der Waals surface area contributed by atoms with Crippen molar-refractivity contribution in [3.05, 3.63) is 29.0 Å². The van der Waals surface area contributed by atoms with E-state index in [2.05, 4.69) is 10.6 Å². The number of benzene rings is 1. The van der Waals surface area contributed by atoms with Gasteiger partial charge in [0.1, 0.15) is 5.82 Å². The van der Waals surface area contributed by atoms with Gasteiger partial charge in [0.15, 0.2) is 0 Å². The Morgan fingerprint density at radius 2 is 2.10 bits per heavy atom. The van der Waals surface area contributed by atoms with Crippen molar-refractivity contribution in [2.24, 2.45) is 11.8 Å². The van der Waals surface area contributed by atoms with E-state index in [1.165, 1.54) is 19.2 Å². The predicted octanol–water partition coefficient (Wildman–Crippen LogP) is 1.82. The molecule has 21 heavy (non-hydrogen) atoms. The third-order valence-corrected chi connectivity index (χ3v) is 3.75. The van der Waals surface area contributed by atoms with E-state index >= 15 is 0 Å². The number of ether oxygens (including phenoxy) is 1. The number of piperidine rings is 1. The van der Waals surface area contributed by atoms with Crippen LogP contribution in [0.4, 0.5) is 10.1 Å². The quantitative estimate of drug-likeness (QED) is 0.835. The lowest BCUT2D eigenvalue weighted by atomic mass is 9.90. The lowest BCUT2D eigenvalue weighted by molar-refractivity contribution is -0.146. The molecule has 0 spiro atoms. The minimum absolute atomic E-state index is 0.00177. The molecule has 1 aliphatic heterocycles. The summed E-state index contributed by atoms with van der Waals surface area (Å²) in [4.78, 5) is 23.7. The largest absolute Gasteiger partial charge is 0.469 e. The predicted molar refractivity (Wildman–Crippen MR) is 76.5 cm³/mol. The van der Waals surface area contributed by atoms with Crippen LogP contribution in [0.1, 0.15) is 6.42 Å². The van der Waals surface area contributed by atoms with Crippen LogP contribution >= 0.6 is 11.6 Å². The molecule has 5 nitrogen and oxygen atoms in total. The Kier molecular flexibility index (Phi) is 5.14. The fourth-order valence-electron chi connectivity index (χ4n) is 2.31. The third kappa shape index (κ3) is 3.92. The number of anilines is 1. The van der Waals surface area contributed by atoms with Crippen LogP contribution in [0.15, 0.2) is 18.2 Å². The maximum Gasteiger partial charge on any atom is 0.309 e. The molecule has 1 aliphatic rings. The molecule has 1 heterocycles. The average molecular weight is 315 g/mol. The number of esters is 1. The molecule has 114 valence electrons. The molecule has 2 atom stereocenters. The Bertz CT molecular complexity index is 553. The molecular formula is C14H16ClFN2O3. The van der Waals surface area contributed by atoms with E-state index in [0.717, 1.165) is 6.07 Å². The van der Waals surface area contributed by atoms with Crippen LogP contribution in [-0.4, -0.2) is 32.1 Å². The minimum Gasteiger partial charge on any atom is -0.469 e. The summed E-state index contributed by atoms with van der Waals surface area (Å²) in [7, 11) is 1.32. The van der Waals surface area contributed by atoms with Crippen molar-refractivity contribution >= 4 is 29.2 Å². The van der Waals surface area contributed by atoms with E-state index in [-0.39, 0.29) is 28.7 Å². The minimum atomic E-state index is -0.594. The zero-order valence-electron chi connectivity index (χ0n) is 11.5. The van der Waals surface area contributed by atoms with Gasteiger partial charge < -0.3 is 15.4 Å². The fourth-order valence-corrected chi connectivity index (χ4v) is 2.42. The van der Waals surface area contributed by atoms with Crippen LogP contribution in [0, 0.1) is 17.7 Å². The molecule has 0 unspecified atom stereocenters. The fraction of sp³-hybridized carbons (Fsp3) is 0.429. The summed E-state index contributed by atoms with van der Waals surface area (Å²) < 4.78 is 18.0. The highest BCUT2D eigenvalue weighted by Crippen LogP contribution is 2.22. The molecule has 0 saturated carbocycles. The Balaban J connectivity index is 1.99. The number of carbonyl (C=O) groups excluding carboxylic acids is 2. The van der Waals surface area contributed by atoms with Crippen LogP contribution in [0.3, 0.4) is 0 Å². The van der Waals surface area contributed by atoms with Gasteiger partial charge in [-0.2, -0.15) is 0 Å². The maximum absolute atomic E-state index is 13.3. The zero-order chi connectivity index (χ0) is 15.4. The molecule has 0 radical (unpaired) electrons. The number of amides is 1. The Labute approximate surface area is 126 Å². The van der Waals surface area contributed by atoms with Gasteiger partial charge in [0, 0.05) is 18.8 Å². The third-order valence-electron chi connectivity index (χ3n) is 3.44. The molecule has 0 aliphatic carbocycles. The van der Waals surface area contributed by atoms with Crippen molar-refractivity contribution in [3.63, 3.8) is 0 Å². The van der Waals surface area contributed by atoms with Crippen molar-refractivity contribution in [1.82, 2.24) is 5.32 Å². The van der Waals surface area contributed by atoms with Crippen LogP contribution in [0.25, 0.3) is 0 Å². The molecule has 1 aromatic rings. The van der Waals surface area contributed by atoms with E-state index < -0.39 is 5.82 Å². The maximum atomic E-state index is 13.3.